The van der Waals surface area contributed by atoms with E-state index in [1.54, 1.807) is 11.8 Å². The Balaban J connectivity index is 3.02. The molecule has 3 heteroatoms. The van der Waals surface area contributed by atoms with Crippen LogP contribution < -0.4 is 4.90 Å². The van der Waals surface area contributed by atoms with Gasteiger partial charge in [0.2, 0.25) is 0 Å². The lowest BCUT2D eigenvalue weighted by atomic mass is 10.4. The number of hydrogen-bond acceptors (Lipinski definition) is 3. The number of thioether (sulfide) groups is 1. The van der Waals surface area contributed by atoms with Gasteiger partial charge in [-0.3, -0.25) is 0 Å². The first-order valence-electron chi connectivity index (χ1n) is 3.42. The van der Waals surface area contributed by atoms with E-state index in [4.69, 9.17) is 0 Å². The Hall–Kier alpha value is -0.700. The molecule has 0 N–H and O–H groups in total. The first kappa shape index (κ1) is 8.40. The molecule has 0 unspecified atom stereocenters. The van der Waals surface area contributed by atoms with Crippen LogP contribution in [0, 0.1) is 0 Å². The maximum absolute atomic E-state index is 4.25. The summed E-state index contributed by atoms with van der Waals surface area (Å²) in [5, 5.41) is 0. The van der Waals surface area contributed by atoms with Crippen molar-refractivity contribution >= 4 is 17.6 Å². The third-order valence-electron chi connectivity index (χ3n) is 1.39. The quantitative estimate of drug-likeness (QED) is 0.627. The molecule has 0 spiro atoms. The zero-order valence-electron chi connectivity index (χ0n) is 7.03. The monoisotopic (exact) mass is 168 g/mol. The largest absolute Gasteiger partial charge is 0.362 e. The molecule has 0 fully saturated rings. The zero-order chi connectivity index (χ0) is 8.27. The standard InChI is InChI=1S/C8H12N2S/c1-10(2)8-7(11-3)5-4-6-9-8/h4-6H,1-3H3. The summed E-state index contributed by atoms with van der Waals surface area (Å²) in [5.74, 6) is 1.04. The normalized spacial score (nSPS) is 9.73. The Morgan fingerprint density at radius 1 is 1.45 bits per heavy atom. The third kappa shape index (κ3) is 1.87. The molecule has 1 rings (SSSR count). The second kappa shape index (κ2) is 3.62. The van der Waals surface area contributed by atoms with Crippen LogP contribution in [0.5, 0.6) is 0 Å². The van der Waals surface area contributed by atoms with E-state index in [0.717, 1.165) is 5.82 Å². The molecule has 60 valence electrons. The molecule has 1 heterocycles. The predicted molar refractivity (Wildman–Crippen MR) is 50.3 cm³/mol. The summed E-state index contributed by atoms with van der Waals surface area (Å²) in [5.41, 5.74) is 0. The van der Waals surface area contributed by atoms with E-state index in [2.05, 4.69) is 17.3 Å². The van der Waals surface area contributed by atoms with Crippen molar-refractivity contribution in [3.8, 4) is 0 Å². The molecular weight excluding hydrogens is 156 g/mol. The molecule has 0 aliphatic heterocycles. The molecule has 0 atom stereocenters. The van der Waals surface area contributed by atoms with Gasteiger partial charge in [-0.1, -0.05) is 0 Å². The Bertz CT molecular complexity index is 235. The van der Waals surface area contributed by atoms with Crippen LogP contribution in [-0.4, -0.2) is 25.3 Å². The van der Waals surface area contributed by atoms with E-state index >= 15 is 0 Å². The molecule has 11 heavy (non-hydrogen) atoms. The summed E-state index contributed by atoms with van der Waals surface area (Å²) in [6.07, 6.45) is 3.87. The Kier molecular flexibility index (Phi) is 2.76. The maximum atomic E-state index is 4.25. The summed E-state index contributed by atoms with van der Waals surface area (Å²) in [6, 6.07) is 4.03. The average Bonchev–Trinajstić information content (AvgIpc) is 2.04. The molecule has 0 saturated carbocycles. The van der Waals surface area contributed by atoms with E-state index in [1.165, 1.54) is 4.90 Å². The molecule has 0 aromatic carbocycles. The van der Waals surface area contributed by atoms with E-state index < -0.39 is 0 Å². The van der Waals surface area contributed by atoms with Crippen LogP contribution in [0.25, 0.3) is 0 Å². The van der Waals surface area contributed by atoms with Crippen molar-refractivity contribution in [2.24, 2.45) is 0 Å². The molecule has 2 nitrogen and oxygen atoms in total. The maximum Gasteiger partial charge on any atom is 0.141 e. The van der Waals surface area contributed by atoms with Crippen LogP contribution in [0.3, 0.4) is 0 Å². The minimum Gasteiger partial charge on any atom is -0.362 e. The number of nitrogens with zero attached hydrogens (tertiary/aromatic N) is 2. The lowest BCUT2D eigenvalue weighted by Gasteiger charge is -2.13. The fourth-order valence-electron chi connectivity index (χ4n) is 0.877. The van der Waals surface area contributed by atoms with Gasteiger partial charge in [0.05, 0.1) is 0 Å². The Morgan fingerprint density at radius 3 is 2.64 bits per heavy atom. The van der Waals surface area contributed by atoms with E-state index in [1.807, 2.05) is 31.3 Å². The summed E-state index contributed by atoms with van der Waals surface area (Å²) in [7, 11) is 4.00. The van der Waals surface area contributed by atoms with E-state index in [9.17, 15) is 0 Å². The van der Waals surface area contributed by atoms with Crippen molar-refractivity contribution in [3.63, 3.8) is 0 Å². The van der Waals surface area contributed by atoms with Gasteiger partial charge in [-0.15, -0.1) is 11.8 Å². The molecule has 1 aromatic heterocycles. The van der Waals surface area contributed by atoms with Crippen LogP contribution in [-0.2, 0) is 0 Å². The van der Waals surface area contributed by atoms with Gasteiger partial charge in [-0.05, 0) is 18.4 Å². The topological polar surface area (TPSA) is 16.1 Å². The van der Waals surface area contributed by atoms with Crippen LogP contribution in [0.15, 0.2) is 23.2 Å². The van der Waals surface area contributed by atoms with Gasteiger partial charge >= 0.3 is 0 Å². The van der Waals surface area contributed by atoms with Gasteiger partial charge < -0.3 is 4.90 Å². The number of aromatic nitrogens is 1. The highest BCUT2D eigenvalue weighted by Gasteiger charge is 2.01. The molecule has 1 aromatic rings. The summed E-state index contributed by atoms with van der Waals surface area (Å²) in [6.45, 7) is 0. The van der Waals surface area contributed by atoms with Crippen molar-refractivity contribution in [2.75, 3.05) is 25.3 Å². The lowest BCUT2D eigenvalue weighted by molar-refractivity contribution is 1.03. The number of pyridine rings is 1. The van der Waals surface area contributed by atoms with Gasteiger partial charge in [0.1, 0.15) is 5.82 Å². The Morgan fingerprint density at radius 2 is 2.18 bits per heavy atom. The zero-order valence-corrected chi connectivity index (χ0v) is 7.85. The molecule has 0 radical (unpaired) electrons. The average molecular weight is 168 g/mol. The van der Waals surface area contributed by atoms with Crippen molar-refractivity contribution in [2.45, 2.75) is 4.90 Å². The van der Waals surface area contributed by atoms with Gasteiger partial charge in [0, 0.05) is 25.2 Å². The number of anilines is 1. The van der Waals surface area contributed by atoms with Gasteiger partial charge in [-0.25, -0.2) is 4.98 Å². The van der Waals surface area contributed by atoms with Crippen molar-refractivity contribution in [1.82, 2.24) is 4.98 Å². The van der Waals surface area contributed by atoms with Gasteiger partial charge in [-0.2, -0.15) is 0 Å². The van der Waals surface area contributed by atoms with Crippen LogP contribution in [0.1, 0.15) is 0 Å². The Labute approximate surface area is 71.6 Å². The minimum atomic E-state index is 1.04. The molecule has 0 amide bonds. The molecule has 0 aliphatic rings. The molecular formula is C8H12N2S. The number of rotatable bonds is 2. The van der Waals surface area contributed by atoms with E-state index in [0.29, 0.717) is 0 Å². The second-order valence-electron chi connectivity index (χ2n) is 2.42. The first-order chi connectivity index (χ1) is 5.25. The highest BCUT2D eigenvalue weighted by molar-refractivity contribution is 7.98. The van der Waals surface area contributed by atoms with Gasteiger partial charge in [0.15, 0.2) is 0 Å². The second-order valence-corrected chi connectivity index (χ2v) is 3.27. The van der Waals surface area contributed by atoms with Crippen LogP contribution >= 0.6 is 11.8 Å². The highest BCUT2D eigenvalue weighted by atomic mass is 32.2. The fourth-order valence-corrected chi connectivity index (χ4v) is 1.51. The molecule has 0 bridgehead atoms. The van der Waals surface area contributed by atoms with Crippen LogP contribution in [0.2, 0.25) is 0 Å². The molecule has 0 aliphatic carbocycles. The molecule has 0 saturated heterocycles. The fraction of sp³-hybridized carbons (Fsp3) is 0.375. The lowest BCUT2D eigenvalue weighted by Crippen LogP contribution is -2.11. The highest BCUT2D eigenvalue weighted by Crippen LogP contribution is 2.23. The summed E-state index contributed by atoms with van der Waals surface area (Å²) < 4.78 is 0. The first-order valence-corrected chi connectivity index (χ1v) is 4.64. The van der Waals surface area contributed by atoms with Crippen molar-refractivity contribution in [3.05, 3.63) is 18.3 Å². The van der Waals surface area contributed by atoms with Crippen molar-refractivity contribution in [1.29, 1.82) is 0 Å². The van der Waals surface area contributed by atoms with Gasteiger partial charge in [0.25, 0.3) is 0 Å². The summed E-state index contributed by atoms with van der Waals surface area (Å²) in [4.78, 5) is 7.49. The predicted octanol–water partition coefficient (Wildman–Crippen LogP) is 1.87. The van der Waals surface area contributed by atoms with E-state index in [-0.39, 0.29) is 0 Å². The van der Waals surface area contributed by atoms with Crippen molar-refractivity contribution < 1.29 is 0 Å². The van der Waals surface area contributed by atoms with Crippen LogP contribution in [0.4, 0.5) is 5.82 Å². The SMILES string of the molecule is CSc1cccnc1N(C)C. The summed E-state index contributed by atoms with van der Waals surface area (Å²) >= 11 is 1.72. The smallest absolute Gasteiger partial charge is 0.141 e. The third-order valence-corrected chi connectivity index (χ3v) is 2.15. The number of hydrogen-bond donors (Lipinski definition) is 0. The minimum absolute atomic E-state index is 1.04.